The molecule has 150 valence electrons. The van der Waals surface area contributed by atoms with Gasteiger partial charge in [-0.05, 0) is 61.5 Å². The van der Waals surface area contributed by atoms with Gasteiger partial charge in [-0.1, -0.05) is 0 Å². The Kier molecular flexibility index (Phi) is 5.57. The van der Waals surface area contributed by atoms with Crippen molar-refractivity contribution in [3.8, 4) is 11.3 Å². The molecular weight excluding hydrogens is 399 g/mol. The van der Waals surface area contributed by atoms with Crippen LogP contribution in [-0.2, 0) is 14.8 Å². The number of rotatable bonds is 5. The first-order valence-corrected chi connectivity index (χ1v) is 9.99. The Morgan fingerprint density at radius 1 is 1.07 bits per heavy atom. The zero-order valence-electron chi connectivity index (χ0n) is 15.2. The molecule has 3 rings (SSSR count). The fourth-order valence-electron chi connectivity index (χ4n) is 2.56. The molecule has 1 aromatic heterocycles. The maximum Gasteiger partial charge on any atom is 0.267 e. The lowest BCUT2D eigenvalue weighted by Crippen LogP contribution is -2.33. The number of nitrogens with one attached hydrogen (secondary N) is 1. The lowest BCUT2D eigenvalue weighted by Gasteiger charge is -2.15. The summed E-state index contributed by atoms with van der Waals surface area (Å²) < 4.78 is 36.7. The van der Waals surface area contributed by atoms with Gasteiger partial charge in [-0.3, -0.25) is 9.59 Å². The number of primary sulfonamides is 1. The minimum absolute atomic E-state index is 0.0894. The molecule has 0 aliphatic rings. The highest BCUT2D eigenvalue weighted by Crippen LogP contribution is 2.18. The van der Waals surface area contributed by atoms with Gasteiger partial charge in [0.15, 0.2) is 0 Å². The van der Waals surface area contributed by atoms with Gasteiger partial charge in [0.05, 0.1) is 10.6 Å². The largest absolute Gasteiger partial charge is 0.324 e. The van der Waals surface area contributed by atoms with Crippen LogP contribution in [0.15, 0.2) is 70.4 Å². The van der Waals surface area contributed by atoms with E-state index in [4.69, 9.17) is 5.14 Å². The summed E-state index contributed by atoms with van der Waals surface area (Å²) >= 11 is 0. The van der Waals surface area contributed by atoms with Gasteiger partial charge in [0.2, 0.25) is 15.9 Å². The molecule has 3 aromatic rings. The van der Waals surface area contributed by atoms with Gasteiger partial charge in [-0.2, -0.15) is 5.10 Å². The first-order valence-electron chi connectivity index (χ1n) is 8.45. The molecule has 8 nitrogen and oxygen atoms in total. The van der Waals surface area contributed by atoms with Crippen molar-refractivity contribution < 1.29 is 17.6 Å². The Morgan fingerprint density at radius 3 is 2.28 bits per heavy atom. The van der Waals surface area contributed by atoms with Crippen molar-refractivity contribution in [2.24, 2.45) is 5.14 Å². The standard InChI is InChI=1S/C19H17FN4O4S/c1-12(19(26)22-15-6-8-16(9-7-15)29(21,27)28)24-18(25)11-10-17(23-24)13-2-4-14(20)5-3-13/h2-12H,1H3,(H,22,26)(H2,21,27,28). The Morgan fingerprint density at radius 2 is 1.69 bits per heavy atom. The lowest BCUT2D eigenvalue weighted by atomic mass is 10.1. The molecule has 29 heavy (non-hydrogen) atoms. The summed E-state index contributed by atoms with van der Waals surface area (Å²) in [5, 5.41) is 11.8. The number of hydrogen-bond donors (Lipinski definition) is 2. The summed E-state index contributed by atoms with van der Waals surface area (Å²) in [5.41, 5.74) is 0.841. The van der Waals surface area contributed by atoms with Gasteiger partial charge < -0.3 is 5.32 Å². The van der Waals surface area contributed by atoms with Crippen LogP contribution in [0.4, 0.5) is 10.1 Å². The van der Waals surface area contributed by atoms with Crippen molar-refractivity contribution in [1.82, 2.24) is 9.78 Å². The van der Waals surface area contributed by atoms with Crippen molar-refractivity contribution in [2.45, 2.75) is 17.9 Å². The second-order valence-corrected chi connectivity index (χ2v) is 7.80. The van der Waals surface area contributed by atoms with E-state index in [2.05, 4.69) is 10.4 Å². The van der Waals surface area contributed by atoms with Crippen LogP contribution in [-0.4, -0.2) is 24.1 Å². The molecule has 0 fully saturated rings. The van der Waals surface area contributed by atoms with E-state index >= 15 is 0 Å². The molecule has 0 spiro atoms. The van der Waals surface area contributed by atoms with E-state index in [1.807, 2.05) is 0 Å². The van der Waals surface area contributed by atoms with Crippen LogP contribution in [0.2, 0.25) is 0 Å². The summed E-state index contributed by atoms with van der Waals surface area (Å²) in [7, 11) is -3.84. The Bertz CT molecular complexity index is 1210. The third kappa shape index (κ3) is 4.73. The van der Waals surface area contributed by atoms with E-state index in [9.17, 15) is 22.4 Å². The second kappa shape index (κ2) is 7.94. The third-order valence-electron chi connectivity index (χ3n) is 4.16. The quantitative estimate of drug-likeness (QED) is 0.657. The molecule has 1 heterocycles. The third-order valence-corrected chi connectivity index (χ3v) is 5.09. The molecule has 1 unspecified atom stereocenters. The average molecular weight is 416 g/mol. The molecule has 0 saturated heterocycles. The summed E-state index contributed by atoms with van der Waals surface area (Å²) in [6, 6.07) is 12.7. The van der Waals surface area contributed by atoms with Crippen LogP contribution in [0.3, 0.4) is 0 Å². The van der Waals surface area contributed by atoms with Crippen molar-refractivity contribution in [3.63, 3.8) is 0 Å². The van der Waals surface area contributed by atoms with Gasteiger partial charge in [0.25, 0.3) is 5.56 Å². The number of hydrogen-bond acceptors (Lipinski definition) is 5. The average Bonchev–Trinajstić information content (AvgIpc) is 2.68. The molecule has 0 aliphatic heterocycles. The first kappa shape index (κ1) is 20.4. The number of carbonyl (C=O) groups is 1. The van der Waals surface area contributed by atoms with E-state index in [0.717, 1.165) is 4.68 Å². The molecule has 1 amide bonds. The number of anilines is 1. The number of benzene rings is 2. The van der Waals surface area contributed by atoms with Gasteiger partial charge >= 0.3 is 0 Å². The fraction of sp³-hybridized carbons (Fsp3) is 0.105. The normalized spacial score (nSPS) is 12.4. The van der Waals surface area contributed by atoms with E-state index < -0.39 is 33.3 Å². The Balaban J connectivity index is 1.83. The minimum atomic E-state index is -3.84. The summed E-state index contributed by atoms with van der Waals surface area (Å²) in [4.78, 5) is 24.6. The number of halogens is 1. The molecule has 0 bridgehead atoms. The number of aromatic nitrogens is 2. The van der Waals surface area contributed by atoms with Crippen LogP contribution in [0.25, 0.3) is 11.3 Å². The number of amides is 1. The highest BCUT2D eigenvalue weighted by molar-refractivity contribution is 7.89. The SMILES string of the molecule is CC(C(=O)Nc1ccc(S(N)(=O)=O)cc1)n1nc(-c2ccc(F)cc2)ccc1=O. The molecule has 0 saturated carbocycles. The summed E-state index contributed by atoms with van der Waals surface area (Å²) in [5.74, 6) is -0.928. The van der Waals surface area contributed by atoms with Gasteiger partial charge in [0.1, 0.15) is 11.9 Å². The van der Waals surface area contributed by atoms with E-state index in [-0.39, 0.29) is 4.90 Å². The zero-order chi connectivity index (χ0) is 21.2. The van der Waals surface area contributed by atoms with Gasteiger partial charge in [-0.15, -0.1) is 0 Å². The first-order chi connectivity index (χ1) is 13.6. The predicted octanol–water partition coefficient (Wildman–Crippen LogP) is 1.90. The molecule has 2 aromatic carbocycles. The van der Waals surface area contributed by atoms with Crippen LogP contribution >= 0.6 is 0 Å². The number of sulfonamides is 1. The Hall–Kier alpha value is -3.37. The Labute approximate surface area is 165 Å². The van der Waals surface area contributed by atoms with E-state index in [1.165, 1.54) is 67.6 Å². The second-order valence-electron chi connectivity index (χ2n) is 6.24. The van der Waals surface area contributed by atoms with Gasteiger partial charge in [0, 0.05) is 17.3 Å². The topological polar surface area (TPSA) is 124 Å². The molecule has 3 N–H and O–H groups in total. The lowest BCUT2D eigenvalue weighted by molar-refractivity contribution is -0.119. The van der Waals surface area contributed by atoms with Crippen molar-refractivity contribution >= 4 is 21.6 Å². The van der Waals surface area contributed by atoms with Gasteiger partial charge in [-0.25, -0.2) is 22.6 Å². The van der Waals surface area contributed by atoms with Crippen molar-refractivity contribution in [2.75, 3.05) is 5.32 Å². The van der Waals surface area contributed by atoms with Crippen LogP contribution in [0.1, 0.15) is 13.0 Å². The maximum atomic E-state index is 13.1. The zero-order valence-corrected chi connectivity index (χ0v) is 16.1. The monoisotopic (exact) mass is 416 g/mol. The molecule has 1 atom stereocenters. The van der Waals surface area contributed by atoms with Crippen LogP contribution in [0.5, 0.6) is 0 Å². The highest BCUT2D eigenvalue weighted by Gasteiger charge is 2.18. The van der Waals surface area contributed by atoms with Crippen LogP contribution in [0, 0.1) is 5.82 Å². The minimum Gasteiger partial charge on any atom is -0.324 e. The van der Waals surface area contributed by atoms with Crippen molar-refractivity contribution in [1.29, 1.82) is 0 Å². The summed E-state index contributed by atoms with van der Waals surface area (Å²) in [6.07, 6.45) is 0. The number of nitrogens with two attached hydrogens (primary N) is 1. The smallest absolute Gasteiger partial charge is 0.267 e. The molecule has 10 heteroatoms. The summed E-state index contributed by atoms with van der Waals surface area (Å²) in [6.45, 7) is 1.50. The number of carbonyl (C=O) groups excluding carboxylic acids is 1. The van der Waals surface area contributed by atoms with E-state index in [1.54, 1.807) is 0 Å². The van der Waals surface area contributed by atoms with Crippen molar-refractivity contribution in [3.05, 3.63) is 76.8 Å². The van der Waals surface area contributed by atoms with Crippen LogP contribution < -0.4 is 16.0 Å². The molecule has 0 radical (unpaired) electrons. The van der Waals surface area contributed by atoms with E-state index in [0.29, 0.717) is 16.9 Å². The molecular formula is C19H17FN4O4S. The predicted molar refractivity (Wildman–Crippen MR) is 105 cm³/mol. The molecule has 0 aliphatic carbocycles. The maximum absolute atomic E-state index is 13.1. The fourth-order valence-corrected chi connectivity index (χ4v) is 3.08. The highest BCUT2D eigenvalue weighted by atomic mass is 32.2. The number of nitrogens with zero attached hydrogens (tertiary/aromatic N) is 2.